The standard InChI is InChI=1S/C20H30N4O/c1-21-19(24-13-8-17-6-2-3-7-18(17)24)22-16-20(9-14-25-15-10-20)23-11-4-5-12-23/h2-3,6-7H,4-5,8-16H2,1H3,(H,21,22). The summed E-state index contributed by atoms with van der Waals surface area (Å²) in [4.78, 5) is 9.63. The van der Waals surface area contributed by atoms with Crippen molar-refractivity contribution in [2.75, 3.05) is 51.3 Å². The first-order valence-electron chi connectivity index (χ1n) is 9.71. The molecule has 5 nitrogen and oxygen atoms in total. The Balaban J connectivity index is 1.48. The van der Waals surface area contributed by atoms with Crippen LogP contribution in [0.1, 0.15) is 31.2 Å². The number of para-hydroxylation sites is 1. The van der Waals surface area contributed by atoms with Crippen molar-refractivity contribution in [3.8, 4) is 0 Å². The van der Waals surface area contributed by atoms with Crippen molar-refractivity contribution < 1.29 is 4.74 Å². The predicted molar refractivity (Wildman–Crippen MR) is 102 cm³/mol. The Morgan fingerprint density at radius 1 is 1.16 bits per heavy atom. The van der Waals surface area contributed by atoms with Crippen LogP contribution in [0.15, 0.2) is 29.3 Å². The van der Waals surface area contributed by atoms with E-state index in [9.17, 15) is 0 Å². The van der Waals surface area contributed by atoms with Gasteiger partial charge in [-0.2, -0.15) is 0 Å². The average molecular weight is 342 g/mol. The number of hydrogen-bond donors (Lipinski definition) is 1. The first kappa shape index (κ1) is 16.9. The molecule has 5 heteroatoms. The molecule has 0 atom stereocenters. The van der Waals surface area contributed by atoms with Crippen molar-refractivity contribution >= 4 is 11.6 Å². The van der Waals surface area contributed by atoms with Gasteiger partial charge in [0.25, 0.3) is 0 Å². The third-order valence-electron chi connectivity index (χ3n) is 6.13. The Bertz CT molecular complexity index is 618. The van der Waals surface area contributed by atoms with Gasteiger partial charge >= 0.3 is 0 Å². The third kappa shape index (κ3) is 3.27. The Labute approximate surface area is 151 Å². The summed E-state index contributed by atoms with van der Waals surface area (Å²) in [7, 11) is 1.90. The smallest absolute Gasteiger partial charge is 0.198 e. The molecule has 3 heterocycles. The van der Waals surface area contributed by atoms with Gasteiger partial charge in [0, 0.05) is 44.6 Å². The first-order chi connectivity index (χ1) is 12.3. The minimum absolute atomic E-state index is 0.226. The molecule has 1 aromatic carbocycles. The van der Waals surface area contributed by atoms with Gasteiger partial charge in [0.05, 0.1) is 0 Å². The summed E-state index contributed by atoms with van der Waals surface area (Å²) in [6.45, 7) is 6.19. The highest BCUT2D eigenvalue weighted by Crippen LogP contribution is 2.31. The quantitative estimate of drug-likeness (QED) is 0.676. The normalized spacial score (nSPS) is 23.7. The Morgan fingerprint density at radius 2 is 1.92 bits per heavy atom. The van der Waals surface area contributed by atoms with Gasteiger partial charge in [0.15, 0.2) is 5.96 Å². The van der Waals surface area contributed by atoms with E-state index in [0.29, 0.717) is 0 Å². The van der Waals surface area contributed by atoms with Crippen molar-refractivity contribution in [2.45, 2.75) is 37.6 Å². The highest BCUT2D eigenvalue weighted by atomic mass is 16.5. The fourth-order valence-corrected chi connectivity index (χ4v) is 4.64. The highest BCUT2D eigenvalue weighted by molar-refractivity contribution is 5.97. The molecule has 25 heavy (non-hydrogen) atoms. The van der Waals surface area contributed by atoms with Crippen LogP contribution in [0.5, 0.6) is 0 Å². The lowest BCUT2D eigenvalue weighted by Gasteiger charge is -2.45. The van der Waals surface area contributed by atoms with Crippen LogP contribution >= 0.6 is 0 Å². The molecule has 4 rings (SSSR count). The van der Waals surface area contributed by atoms with Gasteiger partial charge in [0.2, 0.25) is 0 Å². The average Bonchev–Trinajstić information content (AvgIpc) is 3.34. The zero-order valence-corrected chi connectivity index (χ0v) is 15.3. The van der Waals surface area contributed by atoms with Gasteiger partial charge in [-0.25, -0.2) is 0 Å². The van der Waals surface area contributed by atoms with Crippen LogP contribution in [0.25, 0.3) is 0 Å². The highest BCUT2D eigenvalue weighted by Gasteiger charge is 2.40. The number of anilines is 1. The van der Waals surface area contributed by atoms with Crippen LogP contribution in [-0.2, 0) is 11.2 Å². The van der Waals surface area contributed by atoms with E-state index < -0.39 is 0 Å². The second-order valence-corrected chi connectivity index (χ2v) is 7.46. The molecule has 1 N–H and O–H groups in total. The van der Waals surface area contributed by atoms with Crippen LogP contribution in [0.3, 0.4) is 0 Å². The molecule has 1 aromatic rings. The van der Waals surface area contributed by atoms with Crippen molar-refractivity contribution in [1.29, 1.82) is 0 Å². The topological polar surface area (TPSA) is 40.1 Å². The van der Waals surface area contributed by atoms with Gasteiger partial charge in [0.1, 0.15) is 0 Å². The summed E-state index contributed by atoms with van der Waals surface area (Å²) in [6.07, 6.45) is 6.00. The maximum absolute atomic E-state index is 5.67. The number of benzene rings is 1. The summed E-state index contributed by atoms with van der Waals surface area (Å²) in [5, 5.41) is 3.72. The molecule has 0 aromatic heterocycles. The fraction of sp³-hybridized carbons (Fsp3) is 0.650. The van der Waals surface area contributed by atoms with E-state index in [2.05, 4.69) is 44.4 Å². The fourth-order valence-electron chi connectivity index (χ4n) is 4.64. The molecule has 0 bridgehead atoms. The molecule has 2 saturated heterocycles. The Hall–Kier alpha value is -1.59. The number of fused-ring (bicyclic) bond motifs is 1. The lowest BCUT2D eigenvalue weighted by molar-refractivity contribution is -0.0163. The van der Waals surface area contributed by atoms with E-state index in [-0.39, 0.29) is 5.54 Å². The lowest BCUT2D eigenvalue weighted by atomic mass is 9.88. The minimum atomic E-state index is 0.226. The molecule has 3 aliphatic heterocycles. The van der Waals surface area contributed by atoms with Crippen LogP contribution in [0.2, 0.25) is 0 Å². The molecule has 0 amide bonds. The van der Waals surface area contributed by atoms with E-state index >= 15 is 0 Å². The first-order valence-corrected chi connectivity index (χ1v) is 9.71. The van der Waals surface area contributed by atoms with E-state index in [1.54, 1.807) is 0 Å². The molecular weight excluding hydrogens is 312 g/mol. The van der Waals surface area contributed by atoms with Gasteiger partial charge in [-0.15, -0.1) is 0 Å². The van der Waals surface area contributed by atoms with Crippen molar-refractivity contribution in [2.24, 2.45) is 4.99 Å². The number of ether oxygens (including phenoxy) is 1. The third-order valence-corrected chi connectivity index (χ3v) is 6.13. The maximum Gasteiger partial charge on any atom is 0.198 e. The molecule has 0 unspecified atom stereocenters. The number of guanidine groups is 1. The maximum atomic E-state index is 5.67. The van der Waals surface area contributed by atoms with E-state index in [1.165, 1.54) is 37.2 Å². The molecule has 0 aliphatic carbocycles. The summed E-state index contributed by atoms with van der Waals surface area (Å²) in [6, 6.07) is 8.68. The van der Waals surface area contributed by atoms with E-state index in [0.717, 1.165) is 51.5 Å². The number of rotatable bonds is 3. The molecule has 0 radical (unpaired) electrons. The minimum Gasteiger partial charge on any atom is -0.381 e. The molecule has 2 fully saturated rings. The van der Waals surface area contributed by atoms with Crippen molar-refractivity contribution in [3.63, 3.8) is 0 Å². The molecule has 136 valence electrons. The number of likely N-dealkylation sites (tertiary alicyclic amines) is 1. The predicted octanol–water partition coefficient (Wildman–Crippen LogP) is 2.27. The molecule has 0 spiro atoms. The van der Waals surface area contributed by atoms with Crippen LogP contribution < -0.4 is 10.2 Å². The number of hydrogen-bond acceptors (Lipinski definition) is 3. The number of nitrogens with zero attached hydrogens (tertiary/aromatic N) is 3. The zero-order valence-electron chi connectivity index (χ0n) is 15.3. The lowest BCUT2D eigenvalue weighted by Crippen LogP contribution is -2.59. The molecular formula is C20H30N4O. The van der Waals surface area contributed by atoms with Crippen LogP contribution in [0.4, 0.5) is 5.69 Å². The van der Waals surface area contributed by atoms with Crippen molar-refractivity contribution in [3.05, 3.63) is 29.8 Å². The van der Waals surface area contributed by atoms with Gasteiger partial charge in [-0.05, 0) is 56.8 Å². The molecule has 0 saturated carbocycles. The monoisotopic (exact) mass is 342 g/mol. The van der Waals surface area contributed by atoms with Crippen molar-refractivity contribution in [1.82, 2.24) is 10.2 Å². The zero-order chi connectivity index (χ0) is 17.1. The van der Waals surface area contributed by atoms with Crippen LogP contribution in [-0.4, -0.2) is 62.8 Å². The Morgan fingerprint density at radius 3 is 2.68 bits per heavy atom. The van der Waals surface area contributed by atoms with Crippen LogP contribution in [0, 0.1) is 0 Å². The molecule has 3 aliphatic rings. The second-order valence-electron chi connectivity index (χ2n) is 7.46. The second kappa shape index (κ2) is 7.34. The van der Waals surface area contributed by atoms with Gasteiger partial charge in [-0.3, -0.25) is 9.89 Å². The van der Waals surface area contributed by atoms with Gasteiger partial charge in [-0.1, -0.05) is 18.2 Å². The van der Waals surface area contributed by atoms with E-state index in [1.807, 2.05) is 7.05 Å². The summed E-state index contributed by atoms with van der Waals surface area (Å²) >= 11 is 0. The summed E-state index contributed by atoms with van der Waals surface area (Å²) in [5.41, 5.74) is 2.95. The van der Waals surface area contributed by atoms with Gasteiger partial charge < -0.3 is 15.0 Å². The van der Waals surface area contributed by atoms with E-state index in [4.69, 9.17) is 4.74 Å². The number of nitrogens with one attached hydrogen (secondary N) is 1. The summed E-state index contributed by atoms with van der Waals surface area (Å²) < 4.78 is 5.67. The largest absolute Gasteiger partial charge is 0.381 e. The summed E-state index contributed by atoms with van der Waals surface area (Å²) in [5.74, 6) is 1.01. The SMILES string of the molecule is CN=C(NCC1(N2CCCC2)CCOCC1)N1CCc2ccccc21. The number of aliphatic imine (C=N–C) groups is 1. The Kier molecular flexibility index (Phi) is 4.95.